The molecule has 1 aromatic rings. The zero-order valence-electron chi connectivity index (χ0n) is 7.36. The van der Waals surface area contributed by atoms with E-state index in [4.69, 9.17) is 0 Å². The van der Waals surface area contributed by atoms with E-state index < -0.39 is 0 Å². The van der Waals surface area contributed by atoms with Crippen LogP contribution in [0, 0.1) is 0 Å². The van der Waals surface area contributed by atoms with Gasteiger partial charge in [-0.3, -0.25) is 0 Å². The molecule has 0 spiro atoms. The van der Waals surface area contributed by atoms with Crippen molar-refractivity contribution in [3.63, 3.8) is 0 Å². The van der Waals surface area contributed by atoms with E-state index in [9.17, 15) is 0 Å². The van der Waals surface area contributed by atoms with Crippen LogP contribution in [0.1, 0.15) is 13.8 Å². The van der Waals surface area contributed by atoms with Crippen LogP contribution in [0.4, 0.5) is 11.6 Å². The highest BCUT2D eigenvalue weighted by Crippen LogP contribution is 2.18. The molecule has 64 valence electrons. The van der Waals surface area contributed by atoms with Crippen molar-refractivity contribution in [3.05, 3.63) is 12.4 Å². The molecule has 0 saturated carbocycles. The topological polar surface area (TPSA) is 50.5 Å². The van der Waals surface area contributed by atoms with Gasteiger partial charge in [0.2, 0.25) is 0 Å². The second kappa shape index (κ2) is 6.15. The third kappa shape index (κ3) is 2.57. The lowest BCUT2D eigenvalue weighted by Gasteiger charge is -1.92. The minimum absolute atomic E-state index is 0.414. The van der Waals surface area contributed by atoms with Crippen LogP contribution < -0.4 is 0 Å². The van der Waals surface area contributed by atoms with Gasteiger partial charge in [-0.15, -0.1) is 0 Å². The van der Waals surface area contributed by atoms with Crippen molar-refractivity contribution in [2.24, 2.45) is 9.98 Å². The van der Waals surface area contributed by atoms with Crippen LogP contribution in [0.15, 0.2) is 22.4 Å². The van der Waals surface area contributed by atoms with E-state index in [1.807, 2.05) is 13.8 Å². The third-order valence-corrected chi connectivity index (χ3v) is 0.960. The number of aliphatic imine (C=N–C) groups is 2. The van der Waals surface area contributed by atoms with Crippen LogP contribution in [-0.2, 0) is 0 Å². The average molecular weight is 164 g/mol. The van der Waals surface area contributed by atoms with Gasteiger partial charge in [-0.2, -0.15) is 0 Å². The smallest absolute Gasteiger partial charge is 0.197 e. The van der Waals surface area contributed by atoms with Crippen molar-refractivity contribution in [3.8, 4) is 0 Å². The van der Waals surface area contributed by atoms with Gasteiger partial charge in [0.05, 0.1) is 0 Å². The van der Waals surface area contributed by atoms with Crippen molar-refractivity contribution in [1.82, 2.24) is 9.97 Å². The summed E-state index contributed by atoms with van der Waals surface area (Å²) in [5.74, 6) is 0.829. The maximum Gasteiger partial charge on any atom is 0.197 e. The second-order valence-corrected chi connectivity index (χ2v) is 1.52. The number of aromatic nitrogens is 2. The zero-order valence-corrected chi connectivity index (χ0v) is 7.36. The number of rotatable bonds is 2. The van der Waals surface area contributed by atoms with Crippen molar-refractivity contribution in [2.75, 3.05) is 0 Å². The Morgan fingerprint density at radius 3 is 1.58 bits per heavy atom. The molecule has 0 unspecified atom stereocenters. The van der Waals surface area contributed by atoms with E-state index in [0.29, 0.717) is 11.6 Å². The molecule has 4 nitrogen and oxygen atoms in total. The van der Waals surface area contributed by atoms with Crippen LogP contribution in [0.5, 0.6) is 0 Å². The Labute approximate surface area is 72.1 Å². The lowest BCUT2D eigenvalue weighted by atomic mass is 10.6. The number of hydrogen-bond acceptors (Lipinski definition) is 4. The molecule has 0 fully saturated rings. The first-order chi connectivity index (χ1) is 5.88. The molecule has 0 aliphatic rings. The van der Waals surface area contributed by atoms with Crippen molar-refractivity contribution >= 4 is 25.1 Å². The number of hydrogen-bond donors (Lipinski definition) is 0. The van der Waals surface area contributed by atoms with Crippen LogP contribution in [0.2, 0.25) is 0 Å². The highest BCUT2D eigenvalue weighted by molar-refractivity contribution is 5.57. The van der Waals surface area contributed by atoms with Crippen LogP contribution in [0.25, 0.3) is 0 Å². The van der Waals surface area contributed by atoms with Gasteiger partial charge < -0.3 is 0 Å². The van der Waals surface area contributed by atoms with Crippen molar-refractivity contribution in [2.45, 2.75) is 13.8 Å². The van der Waals surface area contributed by atoms with Gasteiger partial charge in [-0.25, -0.2) is 20.0 Å². The normalized spacial score (nSPS) is 7.83. The molecule has 12 heavy (non-hydrogen) atoms. The standard InChI is InChI=1S/C6H6N4.C2H6/c1-7-5-6(8-2)10-4-3-9-5;1-2/h3-4H,1-2H2;1-2H3. The predicted octanol–water partition coefficient (Wildman–Crippen LogP) is 2.17. The lowest BCUT2D eigenvalue weighted by Crippen LogP contribution is -1.77. The van der Waals surface area contributed by atoms with Gasteiger partial charge in [0.25, 0.3) is 0 Å². The Hall–Kier alpha value is -1.58. The Balaban J connectivity index is 0.000000561. The van der Waals surface area contributed by atoms with Crippen LogP contribution in [0.3, 0.4) is 0 Å². The largest absolute Gasteiger partial charge is 0.242 e. The highest BCUT2D eigenvalue weighted by atomic mass is 15.0. The third-order valence-electron chi connectivity index (χ3n) is 0.960. The van der Waals surface area contributed by atoms with Crippen molar-refractivity contribution < 1.29 is 0 Å². The molecule has 1 rings (SSSR count). The highest BCUT2D eigenvalue weighted by Gasteiger charge is 1.96. The minimum Gasteiger partial charge on any atom is -0.242 e. The summed E-state index contributed by atoms with van der Waals surface area (Å²) < 4.78 is 0. The SMILES string of the molecule is C=Nc1nccnc1N=C.CC. The summed E-state index contributed by atoms with van der Waals surface area (Å²) in [6, 6.07) is 0. The fourth-order valence-corrected chi connectivity index (χ4v) is 0.546. The summed E-state index contributed by atoms with van der Waals surface area (Å²) in [6.07, 6.45) is 3.05. The lowest BCUT2D eigenvalue weighted by molar-refractivity contribution is 1.16. The quantitative estimate of drug-likeness (QED) is 0.629. The maximum absolute atomic E-state index is 3.84. The molecule has 1 heterocycles. The molecule has 0 aromatic carbocycles. The van der Waals surface area contributed by atoms with Crippen molar-refractivity contribution in [1.29, 1.82) is 0 Å². The molecule has 0 saturated heterocycles. The van der Waals surface area contributed by atoms with Gasteiger partial charge in [-0.05, 0) is 13.4 Å². The van der Waals surface area contributed by atoms with E-state index in [1.54, 1.807) is 0 Å². The molecule has 0 radical (unpaired) electrons. The molecule has 0 aliphatic heterocycles. The predicted molar refractivity (Wildman–Crippen MR) is 51.8 cm³/mol. The Morgan fingerprint density at radius 1 is 1.00 bits per heavy atom. The second-order valence-electron chi connectivity index (χ2n) is 1.52. The molecule has 0 atom stereocenters. The summed E-state index contributed by atoms with van der Waals surface area (Å²) in [5, 5.41) is 0. The summed E-state index contributed by atoms with van der Waals surface area (Å²) in [5.41, 5.74) is 0. The maximum atomic E-state index is 3.84. The Kier molecular flexibility index (Phi) is 5.34. The van der Waals surface area contributed by atoms with Gasteiger partial charge in [0.15, 0.2) is 11.6 Å². The Morgan fingerprint density at radius 2 is 1.33 bits per heavy atom. The van der Waals surface area contributed by atoms with E-state index >= 15 is 0 Å². The van der Waals surface area contributed by atoms with Gasteiger partial charge >= 0.3 is 0 Å². The average Bonchev–Trinajstić information content (AvgIpc) is 2.20. The number of nitrogens with zero attached hydrogens (tertiary/aromatic N) is 4. The fourth-order valence-electron chi connectivity index (χ4n) is 0.546. The molecule has 0 amide bonds. The molecular formula is C8H12N4. The molecule has 0 N–H and O–H groups in total. The zero-order chi connectivity index (χ0) is 9.40. The summed E-state index contributed by atoms with van der Waals surface area (Å²) in [4.78, 5) is 14.9. The molecule has 4 heteroatoms. The fraction of sp³-hybridized carbons (Fsp3) is 0.250. The van der Waals surface area contributed by atoms with Gasteiger partial charge in [0, 0.05) is 12.4 Å². The van der Waals surface area contributed by atoms with Crippen LogP contribution in [-0.4, -0.2) is 23.4 Å². The van der Waals surface area contributed by atoms with E-state index in [2.05, 4.69) is 33.4 Å². The first kappa shape index (κ1) is 10.4. The molecule has 0 aliphatic carbocycles. The molecule has 0 bridgehead atoms. The Bertz CT molecular complexity index is 230. The summed E-state index contributed by atoms with van der Waals surface area (Å²) >= 11 is 0. The first-order valence-corrected chi connectivity index (χ1v) is 3.63. The van der Waals surface area contributed by atoms with E-state index in [0.717, 1.165) is 0 Å². The first-order valence-electron chi connectivity index (χ1n) is 3.63. The summed E-state index contributed by atoms with van der Waals surface area (Å²) in [6.45, 7) is 10.6. The molecule has 1 aromatic heterocycles. The van der Waals surface area contributed by atoms with Crippen LogP contribution >= 0.6 is 0 Å². The van der Waals surface area contributed by atoms with Gasteiger partial charge in [0.1, 0.15) is 0 Å². The van der Waals surface area contributed by atoms with Gasteiger partial charge in [-0.1, -0.05) is 13.8 Å². The monoisotopic (exact) mass is 164 g/mol. The minimum atomic E-state index is 0.414. The van der Waals surface area contributed by atoms with E-state index in [1.165, 1.54) is 12.4 Å². The molecular weight excluding hydrogens is 152 g/mol. The van der Waals surface area contributed by atoms with E-state index in [-0.39, 0.29) is 0 Å². The summed E-state index contributed by atoms with van der Waals surface area (Å²) in [7, 11) is 0.